The predicted octanol–water partition coefficient (Wildman–Crippen LogP) is 3.43. The van der Waals surface area contributed by atoms with Crippen molar-refractivity contribution in [2.75, 3.05) is 12.4 Å². The molecule has 1 unspecified atom stereocenters. The van der Waals surface area contributed by atoms with Gasteiger partial charge in [-0.1, -0.05) is 11.6 Å². The van der Waals surface area contributed by atoms with Crippen molar-refractivity contribution in [3.8, 4) is 0 Å². The number of furan rings is 1. The van der Waals surface area contributed by atoms with Crippen LogP contribution in [0.4, 0.5) is 5.69 Å². The van der Waals surface area contributed by atoms with E-state index in [1.54, 1.807) is 7.05 Å². The Morgan fingerprint density at radius 2 is 1.95 bits per heavy atom. The minimum atomic E-state index is -0.165. The molecule has 2 N–H and O–H groups in total. The Balaban J connectivity index is 2.18. The second kappa shape index (κ2) is 5.82. The van der Waals surface area contributed by atoms with Gasteiger partial charge in [-0.05, 0) is 45.0 Å². The Hall–Kier alpha value is -2.23. The van der Waals surface area contributed by atoms with Crippen LogP contribution < -0.4 is 10.6 Å². The summed E-state index contributed by atoms with van der Waals surface area (Å²) >= 11 is 0. The van der Waals surface area contributed by atoms with Gasteiger partial charge in [0.1, 0.15) is 11.5 Å². The van der Waals surface area contributed by atoms with Crippen LogP contribution in [-0.4, -0.2) is 13.0 Å². The molecule has 1 atom stereocenters. The minimum Gasteiger partial charge on any atom is -0.464 e. The van der Waals surface area contributed by atoms with Crippen LogP contribution in [0, 0.1) is 13.8 Å². The van der Waals surface area contributed by atoms with E-state index in [1.165, 1.54) is 0 Å². The molecule has 0 saturated carbocycles. The molecule has 0 aliphatic heterocycles. The lowest BCUT2D eigenvalue weighted by molar-refractivity contribution is 0.0936. The zero-order valence-electron chi connectivity index (χ0n) is 12.3. The van der Waals surface area contributed by atoms with Gasteiger partial charge in [-0.3, -0.25) is 4.79 Å². The zero-order chi connectivity index (χ0) is 14.7. The summed E-state index contributed by atoms with van der Waals surface area (Å²) in [5.41, 5.74) is 2.51. The van der Waals surface area contributed by atoms with Crippen LogP contribution in [0.3, 0.4) is 0 Å². The molecule has 0 bridgehead atoms. The summed E-state index contributed by atoms with van der Waals surface area (Å²) in [5, 5.41) is 5.99. The summed E-state index contributed by atoms with van der Waals surface area (Å²) in [6.07, 6.45) is 0. The molecule has 0 fully saturated rings. The van der Waals surface area contributed by atoms with Crippen LogP contribution in [0.5, 0.6) is 0 Å². The smallest absolute Gasteiger partial charge is 0.253 e. The normalized spacial score (nSPS) is 12.0. The molecule has 2 rings (SSSR count). The van der Waals surface area contributed by atoms with E-state index in [2.05, 4.69) is 10.6 Å². The molecule has 1 aromatic carbocycles. The summed E-state index contributed by atoms with van der Waals surface area (Å²) in [6.45, 7) is 5.76. The third kappa shape index (κ3) is 3.02. The van der Waals surface area contributed by atoms with Crippen molar-refractivity contribution in [1.29, 1.82) is 0 Å². The highest BCUT2D eigenvalue weighted by Gasteiger charge is 2.16. The summed E-state index contributed by atoms with van der Waals surface area (Å²) in [5.74, 6) is 1.49. The van der Waals surface area contributed by atoms with Crippen LogP contribution in [0.15, 0.2) is 34.7 Å². The van der Waals surface area contributed by atoms with Gasteiger partial charge in [0.15, 0.2) is 0 Å². The third-order valence-corrected chi connectivity index (χ3v) is 3.22. The first-order valence-electron chi connectivity index (χ1n) is 6.67. The summed E-state index contributed by atoms with van der Waals surface area (Å²) in [7, 11) is 1.81. The molecule has 1 aromatic heterocycles. The molecule has 106 valence electrons. The van der Waals surface area contributed by atoms with E-state index in [9.17, 15) is 4.79 Å². The largest absolute Gasteiger partial charge is 0.464 e. The molecule has 0 spiro atoms. The quantitative estimate of drug-likeness (QED) is 0.896. The molecule has 1 heterocycles. The molecular weight excluding hydrogens is 252 g/mol. The van der Waals surface area contributed by atoms with Gasteiger partial charge in [-0.15, -0.1) is 0 Å². The zero-order valence-corrected chi connectivity index (χ0v) is 12.3. The van der Waals surface area contributed by atoms with E-state index < -0.39 is 0 Å². The maximum atomic E-state index is 12.4. The van der Waals surface area contributed by atoms with Gasteiger partial charge >= 0.3 is 0 Å². The van der Waals surface area contributed by atoms with Gasteiger partial charge in [0.2, 0.25) is 0 Å². The maximum Gasteiger partial charge on any atom is 0.253 e. The summed E-state index contributed by atoms with van der Waals surface area (Å²) in [6, 6.07) is 9.37. The molecular formula is C16H20N2O2. The number of nitrogens with one attached hydrogen (secondary N) is 2. The van der Waals surface area contributed by atoms with E-state index in [0.29, 0.717) is 5.56 Å². The highest BCUT2D eigenvalue weighted by atomic mass is 16.3. The fraction of sp³-hybridized carbons (Fsp3) is 0.312. The van der Waals surface area contributed by atoms with Crippen molar-refractivity contribution in [2.45, 2.75) is 26.8 Å². The van der Waals surface area contributed by atoms with E-state index in [-0.39, 0.29) is 11.9 Å². The highest BCUT2D eigenvalue weighted by Crippen LogP contribution is 2.20. The number of carbonyl (C=O) groups excluding carboxylic acids is 1. The Morgan fingerprint density at radius 3 is 2.55 bits per heavy atom. The van der Waals surface area contributed by atoms with Crippen LogP contribution in [0.1, 0.15) is 40.4 Å². The maximum absolute atomic E-state index is 12.4. The van der Waals surface area contributed by atoms with Gasteiger partial charge in [0.05, 0.1) is 11.6 Å². The first-order valence-corrected chi connectivity index (χ1v) is 6.67. The number of anilines is 1. The molecule has 0 aliphatic carbocycles. The number of hydrogen-bond acceptors (Lipinski definition) is 3. The van der Waals surface area contributed by atoms with Crippen molar-refractivity contribution < 1.29 is 9.21 Å². The first kappa shape index (κ1) is 14.2. The summed E-state index contributed by atoms with van der Waals surface area (Å²) < 4.78 is 5.53. The molecule has 2 aromatic rings. The topological polar surface area (TPSA) is 54.3 Å². The lowest BCUT2D eigenvalue weighted by Gasteiger charge is -2.14. The van der Waals surface area contributed by atoms with Gasteiger partial charge < -0.3 is 15.1 Å². The Morgan fingerprint density at radius 1 is 1.20 bits per heavy atom. The van der Waals surface area contributed by atoms with Gasteiger partial charge in [-0.25, -0.2) is 0 Å². The number of hydrogen-bond donors (Lipinski definition) is 2. The minimum absolute atomic E-state index is 0.111. The molecule has 0 radical (unpaired) electrons. The fourth-order valence-corrected chi connectivity index (χ4v) is 2.10. The molecule has 0 aliphatic rings. The van der Waals surface area contributed by atoms with Crippen LogP contribution >= 0.6 is 0 Å². The lowest BCUT2D eigenvalue weighted by atomic mass is 10.1. The van der Waals surface area contributed by atoms with E-state index >= 15 is 0 Å². The summed E-state index contributed by atoms with van der Waals surface area (Å²) in [4.78, 5) is 12.4. The van der Waals surface area contributed by atoms with E-state index in [0.717, 1.165) is 22.8 Å². The number of carbonyl (C=O) groups is 1. The van der Waals surface area contributed by atoms with Gasteiger partial charge in [0, 0.05) is 12.7 Å². The first-order chi connectivity index (χ1) is 9.51. The van der Waals surface area contributed by atoms with Crippen molar-refractivity contribution in [1.82, 2.24) is 5.32 Å². The third-order valence-electron chi connectivity index (χ3n) is 3.22. The average Bonchev–Trinajstić information content (AvgIpc) is 2.85. The Labute approximate surface area is 119 Å². The van der Waals surface area contributed by atoms with Crippen molar-refractivity contribution in [3.05, 3.63) is 53.0 Å². The van der Waals surface area contributed by atoms with Gasteiger partial charge in [0.25, 0.3) is 5.91 Å². The van der Waals surface area contributed by atoms with Crippen molar-refractivity contribution >= 4 is 11.6 Å². The average molecular weight is 272 g/mol. The SMILES string of the molecule is CNc1ccc(C)cc1C(=O)NC(C)c1ccc(C)o1. The number of rotatable bonds is 4. The molecule has 1 amide bonds. The standard InChI is InChI=1S/C16H20N2O2/c1-10-5-7-14(17-4)13(9-10)16(19)18-12(3)15-8-6-11(2)20-15/h5-9,12,17H,1-4H3,(H,18,19). The molecule has 0 saturated heterocycles. The Bertz CT molecular complexity index is 617. The van der Waals surface area contributed by atoms with Gasteiger partial charge in [-0.2, -0.15) is 0 Å². The van der Waals surface area contributed by atoms with Crippen LogP contribution in [0.2, 0.25) is 0 Å². The molecule has 4 heteroatoms. The van der Waals surface area contributed by atoms with Crippen molar-refractivity contribution in [3.63, 3.8) is 0 Å². The van der Waals surface area contributed by atoms with Crippen molar-refractivity contribution in [2.24, 2.45) is 0 Å². The number of amides is 1. The highest BCUT2D eigenvalue weighted by molar-refractivity contribution is 6.00. The van der Waals surface area contributed by atoms with Crippen LogP contribution in [0.25, 0.3) is 0 Å². The second-order valence-corrected chi connectivity index (χ2v) is 4.94. The molecule has 4 nitrogen and oxygen atoms in total. The Kier molecular flexibility index (Phi) is 4.13. The molecule has 20 heavy (non-hydrogen) atoms. The monoisotopic (exact) mass is 272 g/mol. The number of benzene rings is 1. The van der Waals surface area contributed by atoms with E-state index in [1.807, 2.05) is 51.1 Å². The van der Waals surface area contributed by atoms with Crippen LogP contribution in [-0.2, 0) is 0 Å². The number of aryl methyl sites for hydroxylation is 2. The fourth-order valence-electron chi connectivity index (χ4n) is 2.10. The lowest BCUT2D eigenvalue weighted by Crippen LogP contribution is -2.27. The predicted molar refractivity (Wildman–Crippen MR) is 80.1 cm³/mol. The van der Waals surface area contributed by atoms with E-state index in [4.69, 9.17) is 4.42 Å². The second-order valence-electron chi connectivity index (χ2n) is 4.94.